The van der Waals surface area contributed by atoms with Gasteiger partial charge in [-0.25, -0.2) is 0 Å². The predicted molar refractivity (Wildman–Crippen MR) is 111 cm³/mol. The fourth-order valence-electron chi connectivity index (χ4n) is 2.84. The minimum atomic E-state index is -0.425. The largest absolute Gasteiger partial charge is 0.497 e. The van der Waals surface area contributed by atoms with Crippen LogP contribution in [0.1, 0.15) is 24.2 Å². The number of amides is 1. The van der Waals surface area contributed by atoms with Crippen LogP contribution in [0.25, 0.3) is 10.2 Å². The molecule has 152 valence electrons. The van der Waals surface area contributed by atoms with E-state index >= 15 is 0 Å². The number of methoxy groups -OCH3 is 1. The van der Waals surface area contributed by atoms with Crippen molar-refractivity contribution in [3.63, 3.8) is 0 Å². The van der Waals surface area contributed by atoms with Crippen molar-refractivity contribution in [2.45, 2.75) is 20.4 Å². The molecule has 0 bridgehead atoms. The molecule has 0 radical (unpaired) electrons. The molecule has 3 rings (SSSR count). The number of carbonyl (C=O) groups excluding carboxylic acids is 2. The monoisotopic (exact) mass is 414 g/mol. The summed E-state index contributed by atoms with van der Waals surface area (Å²) in [4.78, 5) is 29.6. The first kappa shape index (κ1) is 20.6. The topological polar surface area (TPSA) is 79.1 Å². The second-order valence-electron chi connectivity index (χ2n) is 5.96. The highest BCUT2D eigenvalue weighted by atomic mass is 32.1. The summed E-state index contributed by atoms with van der Waals surface area (Å²) < 4.78 is 18.5. The Labute approximate surface area is 172 Å². The molecule has 3 aromatic rings. The van der Waals surface area contributed by atoms with Gasteiger partial charge in [0.05, 0.1) is 25.0 Å². The molecule has 7 nitrogen and oxygen atoms in total. The Morgan fingerprint density at radius 1 is 1.10 bits per heavy atom. The van der Waals surface area contributed by atoms with Crippen LogP contribution in [0.4, 0.5) is 0 Å². The predicted octanol–water partition coefficient (Wildman–Crippen LogP) is 3.41. The third-order valence-electron chi connectivity index (χ3n) is 4.07. The number of hydrogen-bond acceptors (Lipinski definition) is 6. The van der Waals surface area contributed by atoms with Crippen molar-refractivity contribution in [1.29, 1.82) is 0 Å². The highest BCUT2D eigenvalue weighted by Crippen LogP contribution is 2.28. The Morgan fingerprint density at radius 3 is 2.62 bits per heavy atom. The van der Waals surface area contributed by atoms with Crippen LogP contribution in [0.3, 0.4) is 0 Å². The highest BCUT2D eigenvalue weighted by Gasteiger charge is 2.16. The van der Waals surface area contributed by atoms with Gasteiger partial charge in [-0.05, 0) is 44.2 Å². The van der Waals surface area contributed by atoms with Gasteiger partial charge < -0.3 is 18.8 Å². The van der Waals surface area contributed by atoms with Gasteiger partial charge in [-0.2, -0.15) is 4.99 Å². The van der Waals surface area contributed by atoms with Gasteiger partial charge in [0.15, 0.2) is 4.80 Å². The first-order valence-corrected chi connectivity index (χ1v) is 10.0. The lowest BCUT2D eigenvalue weighted by Gasteiger charge is -2.09. The molecule has 0 atom stereocenters. The lowest BCUT2D eigenvalue weighted by Crippen LogP contribution is -2.23. The Balaban J connectivity index is 2.14. The first-order chi connectivity index (χ1) is 14.1. The number of rotatable bonds is 7. The van der Waals surface area contributed by atoms with Gasteiger partial charge in [0.2, 0.25) is 0 Å². The maximum absolute atomic E-state index is 12.8. The maximum Gasteiger partial charge on any atom is 0.326 e. The van der Waals surface area contributed by atoms with Crippen LogP contribution >= 0.6 is 11.3 Å². The minimum absolute atomic E-state index is 0.0673. The molecule has 8 heteroatoms. The van der Waals surface area contributed by atoms with Crippen LogP contribution in [-0.4, -0.2) is 36.8 Å². The number of esters is 1. The van der Waals surface area contributed by atoms with E-state index in [2.05, 4.69) is 4.99 Å². The number of benzene rings is 2. The van der Waals surface area contributed by atoms with E-state index < -0.39 is 11.9 Å². The van der Waals surface area contributed by atoms with Crippen LogP contribution in [0.2, 0.25) is 0 Å². The molecule has 1 aromatic heterocycles. The molecule has 0 fully saturated rings. The van der Waals surface area contributed by atoms with Gasteiger partial charge in [-0.15, -0.1) is 0 Å². The van der Waals surface area contributed by atoms with Gasteiger partial charge in [0, 0.05) is 5.56 Å². The Kier molecular flexibility index (Phi) is 6.66. The number of aromatic nitrogens is 1. The molecule has 29 heavy (non-hydrogen) atoms. The molecular formula is C21H22N2O5S. The molecule has 0 aliphatic carbocycles. The lowest BCUT2D eigenvalue weighted by molar-refractivity contribution is -0.143. The molecule has 0 saturated heterocycles. The zero-order valence-corrected chi connectivity index (χ0v) is 17.3. The first-order valence-electron chi connectivity index (χ1n) is 9.21. The molecule has 0 unspecified atom stereocenters. The fraction of sp³-hybridized carbons (Fsp3) is 0.286. The van der Waals surface area contributed by atoms with E-state index in [0.29, 0.717) is 34.0 Å². The van der Waals surface area contributed by atoms with Crippen LogP contribution in [0.5, 0.6) is 11.5 Å². The summed E-state index contributed by atoms with van der Waals surface area (Å²) in [6.45, 7) is 4.32. The second-order valence-corrected chi connectivity index (χ2v) is 6.97. The number of fused-ring (bicyclic) bond motifs is 1. The van der Waals surface area contributed by atoms with E-state index in [-0.39, 0.29) is 13.2 Å². The van der Waals surface area contributed by atoms with Crippen molar-refractivity contribution in [2.24, 2.45) is 4.99 Å². The number of carbonyl (C=O) groups is 2. The van der Waals surface area contributed by atoms with Crippen molar-refractivity contribution >= 4 is 33.4 Å². The van der Waals surface area contributed by atoms with Crippen LogP contribution < -0.4 is 14.3 Å². The smallest absolute Gasteiger partial charge is 0.326 e. The molecule has 0 spiro atoms. The van der Waals surface area contributed by atoms with Gasteiger partial charge in [-0.1, -0.05) is 23.5 Å². The average Bonchev–Trinajstić information content (AvgIpc) is 3.06. The summed E-state index contributed by atoms with van der Waals surface area (Å²) in [5.74, 6) is 0.362. The van der Waals surface area contributed by atoms with Crippen molar-refractivity contribution < 1.29 is 23.8 Å². The molecule has 1 amide bonds. The highest BCUT2D eigenvalue weighted by molar-refractivity contribution is 7.16. The Morgan fingerprint density at radius 2 is 1.90 bits per heavy atom. The van der Waals surface area contributed by atoms with Crippen LogP contribution in [0.15, 0.2) is 47.5 Å². The standard InChI is InChI=1S/C21H22N2O5S/c1-4-27-16-10-7-11-17-19(16)23(13-18(24)28-5-2)21(29-17)22-20(25)14-8-6-9-15(12-14)26-3/h6-12H,4-5,13H2,1-3H3. The van der Waals surface area contributed by atoms with Crippen molar-refractivity contribution in [2.75, 3.05) is 20.3 Å². The van der Waals surface area contributed by atoms with Crippen molar-refractivity contribution in [1.82, 2.24) is 4.57 Å². The molecular weight excluding hydrogens is 392 g/mol. The fourth-order valence-corrected chi connectivity index (χ4v) is 3.89. The van der Waals surface area contributed by atoms with E-state index in [4.69, 9.17) is 14.2 Å². The zero-order chi connectivity index (χ0) is 20.8. The van der Waals surface area contributed by atoms with Gasteiger partial charge in [0.1, 0.15) is 23.6 Å². The molecule has 0 aliphatic heterocycles. The summed E-state index contributed by atoms with van der Waals surface area (Å²) in [5.41, 5.74) is 1.11. The third-order valence-corrected chi connectivity index (χ3v) is 5.11. The number of hydrogen-bond donors (Lipinski definition) is 0. The lowest BCUT2D eigenvalue weighted by atomic mass is 10.2. The molecule has 0 aliphatic rings. The Bertz CT molecular complexity index is 1100. The molecule has 0 saturated carbocycles. The van der Waals surface area contributed by atoms with Gasteiger partial charge in [0.25, 0.3) is 5.91 Å². The van der Waals surface area contributed by atoms with E-state index in [0.717, 1.165) is 4.70 Å². The van der Waals surface area contributed by atoms with Crippen LogP contribution in [-0.2, 0) is 16.1 Å². The normalized spacial score (nSPS) is 11.5. The Hall–Kier alpha value is -3.13. The molecule has 0 N–H and O–H groups in total. The SMILES string of the molecule is CCOC(=O)Cn1c(=NC(=O)c2cccc(OC)c2)sc2cccc(OCC)c21. The van der Waals surface area contributed by atoms with E-state index in [1.165, 1.54) is 18.4 Å². The van der Waals surface area contributed by atoms with E-state index in [1.807, 2.05) is 25.1 Å². The average molecular weight is 414 g/mol. The maximum atomic E-state index is 12.8. The summed E-state index contributed by atoms with van der Waals surface area (Å²) in [7, 11) is 1.54. The van der Waals surface area contributed by atoms with E-state index in [1.54, 1.807) is 35.8 Å². The molecule has 1 heterocycles. The summed E-state index contributed by atoms with van der Waals surface area (Å²) in [5, 5.41) is 0. The summed E-state index contributed by atoms with van der Waals surface area (Å²) in [6.07, 6.45) is 0. The molecule has 2 aromatic carbocycles. The van der Waals surface area contributed by atoms with Crippen molar-refractivity contribution in [3.8, 4) is 11.5 Å². The second kappa shape index (κ2) is 9.38. The van der Waals surface area contributed by atoms with Crippen LogP contribution in [0, 0.1) is 0 Å². The zero-order valence-electron chi connectivity index (χ0n) is 16.5. The van der Waals surface area contributed by atoms with E-state index in [9.17, 15) is 9.59 Å². The number of ether oxygens (including phenoxy) is 3. The third kappa shape index (κ3) is 4.65. The number of thiazole rings is 1. The number of nitrogens with zero attached hydrogens (tertiary/aromatic N) is 2. The number of para-hydroxylation sites is 1. The van der Waals surface area contributed by atoms with Gasteiger partial charge >= 0.3 is 5.97 Å². The van der Waals surface area contributed by atoms with Gasteiger partial charge in [-0.3, -0.25) is 9.59 Å². The van der Waals surface area contributed by atoms with Crippen molar-refractivity contribution in [3.05, 3.63) is 52.8 Å². The quantitative estimate of drug-likeness (QED) is 0.554. The summed E-state index contributed by atoms with van der Waals surface area (Å²) >= 11 is 1.31. The summed E-state index contributed by atoms with van der Waals surface area (Å²) in [6, 6.07) is 12.4. The minimum Gasteiger partial charge on any atom is -0.497 e.